The van der Waals surface area contributed by atoms with Crippen LogP contribution in [0.4, 0.5) is 0 Å². The van der Waals surface area contributed by atoms with Gasteiger partial charge in [-0.25, -0.2) is 0 Å². The summed E-state index contributed by atoms with van der Waals surface area (Å²) in [5, 5.41) is 2.72. The molecule has 5 nitrogen and oxygen atoms in total. The van der Waals surface area contributed by atoms with Crippen LogP contribution in [0.5, 0.6) is 0 Å². The Labute approximate surface area is 106 Å². The highest BCUT2D eigenvalue weighted by molar-refractivity contribution is 7.80. The minimum atomic E-state index is -0.767. The molecule has 1 rings (SSSR count). The zero-order chi connectivity index (χ0) is 13.3. The van der Waals surface area contributed by atoms with Crippen molar-refractivity contribution >= 4 is 29.0 Å². The van der Waals surface area contributed by atoms with E-state index in [0.717, 1.165) is 6.42 Å². The van der Waals surface area contributed by atoms with E-state index in [9.17, 15) is 9.59 Å². The van der Waals surface area contributed by atoms with Gasteiger partial charge in [0.1, 0.15) is 0 Å². The maximum atomic E-state index is 12.0. The Hall–Kier alpha value is -1.17. The van der Waals surface area contributed by atoms with Gasteiger partial charge in [-0.15, -0.1) is 0 Å². The van der Waals surface area contributed by atoms with E-state index in [4.69, 9.17) is 23.7 Å². The fraction of sp³-hybridized carbons (Fsp3) is 0.727. The Kier molecular flexibility index (Phi) is 3.76. The van der Waals surface area contributed by atoms with Crippen molar-refractivity contribution in [3.63, 3.8) is 0 Å². The van der Waals surface area contributed by atoms with Gasteiger partial charge in [0, 0.05) is 6.54 Å². The predicted octanol–water partition coefficient (Wildman–Crippen LogP) is 0.0705. The first-order valence-corrected chi connectivity index (χ1v) is 6.01. The standard InChI is InChI=1S/C11H19N3O2S/c1-10(2,7(12)15)6-14-9(16)11(8(13)17)4-3-5-11/h3-6H2,1-2H3,(H2,12,15)(H2,13,17)(H,14,16). The molecule has 0 bridgehead atoms. The number of amides is 2. The molecule has 0 saturated heterocycles. The largest absolute Gasteiger partial charge is 0.392 e. The Morgan fingerprint density at radius 2 is 1.88 bits per heavy atom. The van der Waals surface area contributed by atoms with Crippen molar-refractivity contribution < 1.29 is 9.59 Å². The van der Waals surface area contributed by atoms with Crippen molar-refractivity contribution in [3.05, 3.63) is 0 Å². The summed E-state index contributed by atoms with van der Waals surface area (Å²) in [6.45, 7) is 3.57. The molecular formula is C11H19N3O2S. The molecule has 17 heavy (non-hydrogen) atoms. The highest BCUT2D eigenvalue weighted by Crippen LogP contribution is 2.41. The highest BCUT2D eigenvalue weighted by Gasteiger charge is 2.47. The van der Waals surface area contributed by atoms with E-state index in [0.29, 0.717) is 12.8 Å². The minimum absolute atomic E-state index is 0.189. The van der Waals surface area contributed by atoms with Gasteiger partial charge in [-0.2, -0.15) is 0 Å². The molecule has 6 heteroatoms. The average molecular weight is 257 g/mol. The Bertz CT molecular complexity index is 362. The van der Waals surface area contributed by atoms with Gasteiger partial charge in [0.15, 0.2) is 0 Å². The normalized spacial score (nSPS) is 18.0. The summed E-state index contributed by atoms with van der Waals surface area (Å²) in [7, 11) is 0. The number of rotatable bonds is 5. The molecule has 0 aromatic carbocycles. The first kappa shape index (κ1) is 13.9. The van der Waals surface area contributed by atoms with Gasteiger partial charge in [-0.1, -0.05) is 18.6 Å². The van der Waals surface area contributed by atoms with Crippen LogP contribution in [0, 0.1) is 10.8 Å². The SMILES string of the molecule is CC(C)(CNC(=O)C1(C(N)=S)CCC1)C(N)=O. The fourth-order valence-corrected chi connectivity index (χ4v) is 1.97. The van der Waals surface area contributed by atoms with E-state index in [-0.39, 0.29) is 17.4 Å². The third kappa shape index (κ3) is 2.57. The second-order valence-electron chi connectivity index (χ2n) is 5.23. The van der Waals surface area contributed by atoms with Crippen LogP contribution in [0.2, 0.25) is 0 Å². The van der Waals surface area contributed by atoms with E-state index in [1.807, 2.05) is 0 Å². The Morgan fingerprint density at radius 3 is 2.18 bits per heavy atom. The molecule has 96 valence electrons. The van der Waals surface area contributed by atoms with Crippen LogP contribution in [0.15, 0.2) is 0 Å². The Morgan fingerprint density at radius 1 is 1.35 bits per heavy atom. The zero-order valence-corrected chi connectivity index (χ0v) is 11.0. The van der Waals surface area contributed by atoms with Crippen molar-refractivity contribution in [2.24, 2.45) is 22.3 Å². The van der Waals surface area contributed by atoms with Crippen LogP contribution in [-0.2, 0) is 9.59 Å². The number of carbonyl (C=O) groups excluding carboxylic acids is 2. The number of nitrogens with two attached hydrogens (primary N) is 2. The smallest absolute Gasteiger partial charge is 0.233 e. The van der Waals surface area contributed by atoms with Crippen LogP contribution in [-0.4, -0.2) is 23.3 Å². The van der Waals surface area contributed by atoms with Crippen molar-refractivity contribution in [3.8, 4) is 0 Å². The zero-order valence-electron chi connectivity index (χ0n) is 10.2. The molecule has 0 atom stereocenters. The summed E-state index contributed by atoms with van der Waals surface area (Å²) < 4.78 is 0. The number of primary amides is 1. The topological polar surface area (TPSA) is 98.2 Å². The average Bonchev–Trinajstić information content (AvgIpc) is 2.12. The van der Waals surface area contributed by atoms with Gasteiger partial charge in [0.05, 0.1) is 15.8 Å². The molecule has 1 fully saturated rings. The number of thiocarbonyl (C=S) groups is 1. The van der Waals surface area contributed by atoms with Crippen LogP contribution < -0.4 is 16.8 Å². The molecule has 0 aromatic rings. The summed E-state index contributed by atoms with van der Waals surface area (Å²) in [5.74, 6) is -0.638. The lowest BCUT2D eigenvalue weighted by atomic mass is 9.68. The molecule has 0 radical (unpaired) electrons. The van der Waals surface area contributed by atoms with Gasteiger partial charge < -0.3 is 16.8 Å². The third-order valence-electron chi connectivity index (χ3n) is 3.47. The van der Waals surface area contributed by atoms with Gasteiger partial charge in [-0.3, -0.25) is 9.59 Å². The van der Waals surface area contributed by atoms with Crippen molar-refractivity contribution in [1.82, 2.24) is 5.32 Å². The molecule has 2 amide bonds. The second-order valence-corrected chi connectivity index (χ2v) is 5.67. The van der Waals surface area contributed by atoms with Crippen LogP contribution >= 0.6 is 12.2 Å². The number of nitrogens with one attached hydrogen (secondary N) is 1. The van der Waals surface area contributed by atoms with Crippen LogP contribution in [0.1, 0.15) is 33.1 Å². The summed E-state index contributed by atoms with van der Waals surface area (Å²) in [5.41, 5.74) is 9.37. The predicted molar refractivity (Wildman–Crippen MR) is 69.1 cm³/mol. The Balaban J connectivity index is 2.61. The molecule has 1 aliphatic rings. The lowest BCUT2D eigenvalue weighted by Crippen LogP contribution is -2.55. The lowest BCUT2D eigenvalue weighted by Gasteiger charge is -2.39. The van der Waals surface area contributed by atoms with Crippen molar-refractivity contribution in [1.29, 1.82) is 0 Å². The molecule has 1 aliphatic carbocycles. The fourth-order valence-electron chi connectivity index (χ4n) is 1.67. The van der Waals surface area contributed by atoms with Gasteiger partial charge in [-0.05, 0) is 26.7 Å². The van der Waals surface area contributed by atoms with Crippen molar-refractivity contribution in [2.75, 3.05) is 6.54 Å². The number of hydrogen-bond acceptors (Lipinski definition) is 3. The summed E-state index contributed by atoms with van der Waals surface area (Å²) >= 11 is 4.94. The number of hydrogen-bond donors (Lipinski definition) is 3. The van der Waals surface area contributed by atoms with Crippen LogP contribution in [0.25, 0.3) is 0 Å². The second kappa shape index (κ2) is 4.60. The highest BCUT2D eigenvalue weighted by atomic mass is 32.1. The molecular weight excluding hydrogens is 238 g/mol. The molecule has 5 N–H and O–H groups in total. The molecule has 0 heterocycles. The molecule has 0 aromatic heterocycles. The molecule has 0 unspecified atom stereocenters. The maximum Gasteiger partial charge on any atom is 0.233 e. The summed E-state index contributed by atoms with van der Waals surface area (Å²) in [6.07, 6.45) is 2.32. The summed E-state index contributed by atoms with van der Waals surface area (Å²) in [6, 6.07) is 0. The van der Waals surface area contributed by atoms with Gasteiger partial charge in [0.2, 0.25) is 11.8 Å². The van der Waals surface area contributed by atoms with Crippen molar-refractivity contribution in [2.45, 2.75) is 33.1 Å². The number of carbonyl (C=O) groups is 2. The third-order valence-corrected chi connectivity index (χ3v) is 3.86. The molecule has 0 spiro atoms. The molecule has 0 aliphatic heterocycles. The minimum Gasteiger partial charge on any atom is -0.392 e. The maximum absolute atomic E-state index is 12.0. The van der Waals surface area contributed by atoms with Gasteiger partial charge >= 0.3 is 0 Å². The molecule has 1 saturated carbocycles. The quantitative estimate of drug-likeness (QED) is 0.607. The van der Waals surface area contributed by atoms with Crippen LogP contribution in [0.3, 0.4) is 0 Å². The summed E-state index contributed by atoms with van der Waals surface area (Å²) in [4.78, 5) is 23.4. The monoisotopic (exact) mass is 257 g/mol. The van der Waals surface area contributed by atoms with E-state index in [1.54, 1.807) is 13.8 Å². The van der Waals surface area contributed by atoms with E-state index in [1.165, 1.54) is 0 Å². The lowest BCUT2D eigenvalue weighted by molar-refractivity contribution is -0.132. The van der Waals surface area contributed by atoms with E-state index < -0.39 is 16.7 Å². The van der Waals surface area contributed by atoms with E-state index >= 15 is 0 Å². The first-order valence-electron chi connectivity index (χ1n) is 5.60. The van der Waals surface area contributed by atoms with E-state index in [2.05, 4.69) is 5.32 Å². The van der Waals surface area contributed by atoms with Gasteiger partial charge in [0.25, 0.3) is 0 Å². The first-order chi connectivity index (χ1) is 7.72.